The van der Waals surface area contributed by atoms with Crippen LogP contribution in [0.2, 0.25) is 5.02 Å². The van der Waals surface area contributed by atoms with Crippen molar-refractivity contribution in [3.8, 4) is 11.1 Å². The first-order valence-corrected chi connectivity index (χ1v) is 13.3. The lowest BCUT2D eigenvalue weighted by Crippen LogP contribution is -2.58. The average molecular weight is 546 g/mol. The van der Waals surface area contributed by atoms with E-state index in [1.165, 1.54) is 34.5 Å². The molecule has 0 radical (unpaired) electrons. The van der Waals surface area contributed by atoms with Crippen molar-refractivity contribution in [2.45, 2.75) is 43.4 Å². The van der Waals surface area contributed by atoms with Crippen LogP contribution in [-0.2, 0) is 11.3 Å². The number of nitrogens with zero attached hydrogens (tertiary/aromatic N) is 4. The molecule has 5 rings (SSSR count). The van der Waals surface area contributed by atoms with Gasteiger partial charge in [-0.1, -0.05) is 18.2 Å². The molecule has 1 amide bonds. The van der Waals surface area contributed by atoms with E-state index in [2.05, 4.69) is 11.6 Å². The van der Waals surface area contributed by atoms with Gasteiger partial charge in [0.05, 0.1) is 10.5 Å². The Labute approximate surface area is 221 Å². The summed E-state index contributed by atoms with van der Waals surface area (Å²) in [6.07, 6.45) is 1.30. The molecule has 2 N–H and O–H groups in total. The van der Waals surface area contributed by atoms with E-state index in [4.69, 9.17) is 17.3 Å². The van der Waals surface area contributed by atoms with Crippen LogP contribution in [0.15, 0.2) is 46.6 Å². The molecule has 37 heavy (non-hydrogen) atoms. The second kappa shape index (κ2) is 9.74. The quantitative estimate of drug-likeness (QED) is 0.500. The van der Waals surface area contributed by atoms with Crippen LogP contribution in [0.3, 0.4) is 0 Å². The van der Waals surface area contributed by atoms with Gasteiger partial charge < -0.3 is 15.5 Å². The SMILES string of the molecule is C=CC(=O)N1[C@H](C)CN(c2nc(=O)n3c4c(c(-c5ccc(F)cc5F)c(Cl)cc24)SCC(N)C3)C[C@@H]1C. The number of hydrogen-bond donors (Lipinski definition) is 1. The highest BCUT2D eigenvalue weighted by Crippen LogP contribution is 2.46. The van der Waals surface area contributed by atoms with Gasteiger partial charge in [0.15, 0.2) is 0 Å². The highest BCUT2D eigenvalue weighted by atomic mass is 35.5. The van der Waals surface area contributed by atoms with Gasteiger partial charge in [0.1, 0.15) is 17.5 Å². The summed E-state index contributed by atoms with van der Waals surface area (Å²) in [6, 6.07) is 4.37. The molecular formula is C26H26ClF2N5O2S. The molecule has 2 aliphatic rings. The van der Waals surface area contributed by atoms with Crippen molar-refractivity contribution in [3.05, 3.63) is 64.1 Å². The van der Waals surface area contributed by atoms with Crippen molar-refractivity contribution in [2.75, 3.05) is 23.7 Å². The summed E-state index contributed by atoms with van der Waals surface area (Å²) in [7, 11) is 0. The summed E-state index contributed by atoms with van der Waals surface area (Å²) < 4.78 is 30.1. The third-order valence-electron chi connectivity index (χ3n) is 6.86. The topological polar surface area (TPSA) is 84.5 Å². The zero-order valence-electron chi connectivity index (χ0n) is 20.4. The van der Waals surface area contributed by atoms with Crippen molar-refractivity contribution < 1.29 is 13.6 Å². The monoisotopic (exact) mass is 545 g/mol. The lowest BCUT2D eigenvalue weighted by atomic mass is 10.0. The first kappa shape index (κ1) is 25.7. The van der Waals surface area contributed by atoms with Gasteiger partial charge in [-0.2, -0.15) is 4.98 Å². The number of aromatic nitrogens is 2. The number of amides is 1. The van der Waals surface area contributed by atoms with E-state index in [-0.39, 0.29) is 41.2 Å². The van der Waals surface area contributed by atoms with Crippen molar-refractivity contribution in [1.29, 1.82) is 0 Å². The summed E-state index contributed by atoms with van der Waals surface area (Å²) in [5.41, 5.74) is 6.91. The fourth-order valence-electron chi connectivity index (χ4n) is 5.37. The smallest absolute Gasteiger partial charge is 0.350 e. The van der Waals surface area contributed by atoms with Crippen molar-refractivity contribution in [2.24, 2.45) is 5.73 Å². The molecule has 1 unspecified atom stereocenters. The Morgan fingerprint density at radius 3 is 2.57 bits per heavy atom. The number of nitrogens with two attached hydrogens (primary N) is 1. The van der Waals surface area contributed by atoms with Gasteiger partial charge in [0, 0.05) is 71.0 Å². The molecule has 11 heteroatoms. The van der Waals surface area contributed by atoms with Crippen LogP contribution in [-0.4, -0.2) is 57.3 Å². The van der Waals surface area contributed by atoms with Crippen molar-refractivity contribution >= 4 is 46.0 Å². The van der Waals surface area contributed by atoms with E-state index in [1.54, 1.807) is 11.0 Å². The van der Waals surface area contributed by atoms with Gasteiger partial charge in [0.2, 0.25) is 5.91 Å². The van der Waals surface area contributed by atoms with Crippen LogP contribution in [0.1, 0.15) is 13.8 Å². The first-order chi connectivity index (χ1) is 17.6. The summed E-state index contributed by atoms with van der Waals surface area (Å²) >= 11 is 8.18. The van der Waals surface area contributed by atoms with E-state index in [1.807, 2.05) is 18.7 Å². The van der Waals surface area contributed by atoms with Crippen LogP contribution >= 0.6 is 23.4 Å². The molecule has 1 aromatic heterocycles. The largest absolute Gasteiger partial charge is 0.352 e. The van der Waals surface area contributed by atoms with Gasteiger partial charge in [-0.3, -0.25) is 9.36 Å². The minimum atomic E-state index is -0.750. The van der Waals surface area contributed by atoms with Gasteiger partial charge in [-0.05, 0) is 38.1 Å². The zero-order chi connectivity index (χ0) is 26.6. The number of carbonyl (C=O) groups excluding carboxylic acids is 1. The maximum Gasteiger partial charge on any atom is 0.350 e. The maximum atomic E-state index is 14.9. The summed E-state index contributed by atoms with van der Waals surface area (Å²) in [6.45, 7) is 8.61. The summed E-state index contributed by atoms with van der Waals surface area (Å²) in [5.74, 6) is -0.677. The number of thioether (sulfide) groups is 1. The fraction of sp³-hybridized carbons (Fsp3) is 0.346. The van der Waals surface area contributed by atoms with E-state index in [0.717, 1.165) is 6.07 Å². The van der Waals surface area contributed by atoms with E-state index >= 15 is 0 Å². The lowest BCUT2D eigenvalue weighted by molar-refractivity contribution is -0.130. The Balaban J connectivity index is 1.75. The molecule has 2 aliphatic heterocycles. The predicted molar refractivity (Wildman–Crippen MR) is 143 cm³/mol. The molecule has 3 aromatic rings. The first-order valence-electron chi connectivity index (χ1n) is 11.9. The lowest BCUT2D eigenvalue weighted by Gasteiger charge is -2.44. The molecule has 1 saturated heterocycles. The van der Waals surface area contributed by atoms with Crippen LogP contribution < -0.4 is 16.3 Å². The Morgan fingerprint density at radius 1 is 1.22 bits per heavy atom. The molecule has 2 aromatic carbocycles. The summed E-state index contributed by atoms with van der Waals surface area (Å²) in [5, 5.41) is 0.890. The zero-order valence-corrected chi connectivity index (χ0v) is 22.0. The number of carbonyl (C=O) groups is 1. The molecule has 3 heterocycles. The Bertz CT molecular complexity index is 1480. The molecule has 7 nitrogen and oxygen atoms in total. The normalized spacial score (nSPS) is 21.7. The third kappa shape index (κ3) is 4.41. The molecule has 0 bridgehead atoms. The summed E-state index contributed by atoms with van der Waals surface area (Å²) in [4.78, 5) is 34.6. The van der Waals surface area contributed by atoms with Crippen molar-refractivity contribution in [1.82, 2.24) is 14.5 Å². The maximum absolute atomic E-state index is 14.9. The van der Waals surface area contributed by atoms with Crippen LogP contribution in [0.4, 0.5) is 14.6 Å². The Morgan fingerprint density at radius 2 is 1.92 bits per heavy atom. The minimum Gasteiger partial charge on any atom is -0.352 e. The number of anilines is 1. The van der Waals surface area contributed by atoms with Gasteiger partial charge in [-0.25, -0.2) is 13.6 Å². The van der Waals surface area contributed by atoms with E-state index in [9.17, 15) is 18.4 Å². The second-order valence-corrected chi connectivity index (χ2v) is 11.0. The van der Waals surface area contributed by atoms with Crippen LogP contribution in [0, 0.1) is 11.6 Å². The molecular weight excluding hydrogens is 520 g/mol. The molecule has 1 fully saturated rings. The van der Waals surface area contributed by atoms with Gasteiger partial charge in [-0.15, -0.1) is 11.8 Å². The molecule has 0 spiro atoms. The highest BCUT2D eigenvalue weighted by Gasteiger charge is 2.34. The van der Waals surface area contributed by atoms with E-state index in [0.29, 0.717) is 46.0 Å². The second-order valence-electron chi connectivity index (χ2n) is 9.54. The van der Waals surface area contributed by atoms with Crippen LogP contribution in [0.25, 0.3) is 22.0 Å². The number of hydrogen-bond acceptors (Lipinski definition) is 6. The minimum absolute atomic E-state index is 0.141. The number of piperazine rings is 1. The molecule has 3 atom stereocenters. The number of halogens is 3. The van der Waals surface area contributed by atoms with Crippen LogP contribution in [0.5, 0.6) is 0 Å². The predicted octanol–water partition coefficient (Wildman–Crippen LogP) is 4.04. The van der Waals surface area contributed by atoms with Gasteiger partial charge >= 0.3 is 5.69 Å². The molecule has 0 aliphatic carbocycles. The fourth-order valence-corrected chi connectivity index (χ4v) is 6.94. The number of benzene rings is 2. The van der Waals surface area contributed by atoms with Crippen molar-refractivity contribution in [3.63, 3.8) is 0 Å². The standard InChI is InChI=1S/C26H26ClF2N5O2S/c1-4-21(35)34-13(2)9-32(10-14(34)3)25-18-8-19(27)22(17-6-5-15(28)7-20(17)29)24-23(18)33(26(36)31-25)11-16(30)12-37-24/h4-8,13-14,16H,1,9-12,30H2,2-3H3/t13-,14+,16?. The third-order valence-corrected chi connectivity index (χ3v) is 8.44. The Kier molecular flexibility index (Phi) is 6.76. The van der Waals surface area contributed by atoms with E-state index < -0.39 is 17.3 Å². The number of rotatable bonds is 3. The molecule has 194 valence electrons. The Hall–Kier alpha value is -2.95. The van der Waals surface area contributed by atoms with Gasteiger partial charge in [0.25, 0.3) is 0 Å². The highest BCUT2D eigenvalue weighted by molar-refractivity contribution is 7.99. The average Bonchev–Trinajstić information content (AvgIpc) is 3.01. The molecule has 0 saturated carbocycles.